The van der Waals surface area contributed by atoms with E-state index >= 15 is 0 Å². The van der Waals surface area contributed by atoms with Gasteiger partial charge in [0.25, 0.3) is 11.1 Å². The Hall–Kier alpha value is -3.72. The van der Waals surface area contributed by atoms with Crippen LogP contribution in [0.2, 0.25) is 0 Å². The minimum absolute atomic E-state index is 0.134. The average Bonchev–Trinajstić information content (AvgIpc) is 3.44. The summed E-state index contributed by atoms with van der Waals surface area (Å²) in [5, 5.41) is 19.2. The maximum absolute atomic E-state index is 12.1. The van der Waals surface area contributed by atoms with Gasteiger partial charge in [0.05, 0.1) is 23.4 Å². The van der Waals surface area contributed by atoms with Crippen molar-refractivity contribution < 1.29 is 13.6 Å². The van der Waals surface area contributed by atoms with Crippen LogP contribution in [0.15, 0.2) is 97.3 Å². The van der Waals surface area contributed by atoms with Crippen LogP contribution in [0.4, 0.5) is 17.1 Å². The number of carbonyl (C=O) groups excluding carboxylic acids is 1. The molecule has 0 bridgehead atoms. The molecule has 2 heterocycles. The number of carbonyl (C=O) groups is 1. The molecule has 2 aromatic heterocycles. The normalized spacial score (nSPS) is 11.0. The first-order valence-corrected chi connectivity index (χ1v) is 9.62. The first kappa shape index (κ1) is 18.6. The summed E-state index contributed by atoms with van der Waals surface area (Å²) in [6.45, 7) is 0. The van der Waals surface area contributed by atoms with Crippen molar-refractivity contribution in [1.29, 1.82) is 0 Å². The van der Waals surface area contributed by atoms with E-state index in [2.05, 4.69) is 25.7 Å². The number of benzene rings is 2. The zero-order valence-corrected chi connectivity index (χ0v) is 15.9. The molecular weight excluding hydrogens is 390 g/mol. The molecule has 144 valence electrons. The van der Waals surface area contributed by atoms with Gasteiger partial charge in [-0.25, -0.2) is 0 Å². The fraction of sp³-hybridized carbons (Fsp3) is 0.0500. The molecule has 0 saturated heterocycles. The highest BCUT2D eigenvalue weighted by atomic mass is 32.2. The Morgan fingerprint density at radius 1 is 0.931 bits per heavy atom. The lowest BCUT2D eigenvalue weighted by Crippen LogP contribution is -2.13. The molecule has 1 N–H and O–H groups in total. The molecule has 0 aliphatic rings. The van der Waals surface area contributed by atoms with Crippen LogP contribution < -0.4 is 5.32 Å². The Balaban J connectivity index is 1.28. The van der Waals surface area contributed by atoms with Gasteiger partial charge in [-0.15, -0.1) is 10.2 Å². The van der Waals surface area contributed by atoms with Gasteiger partial charge in [-0.2, -0.15) is 10.2 Å². The fourth-order valence-electron chi connectivity index (χ4n) is 2.31. The molecule has 9 heteroatoms. The van der Waals surface area contributed by atoms with Gasteiger partial charge in [-0.1, -0.05) is 30.0 Å². The topological polar surface area (TPSA) is 106 Å². The van der Waals surface area contributed by atoms with Gasteiger partial charge in [0, 0.05) is 5.69 Å². The molecule has 4 aromatic rings. The van der Waals surface area contributed by atoms with Crippen molar-refractivity contribution in [3.63, 3.8) is 0 Å². The molecule has 2 aromatic carbocycles. The number of hydrogen-bond donors (Lipinski definition) is 1. The van der Waals surface area contributed by atoms with E-state index < -0.39 is 0 Å². The molecule has 29 heavy (non-hydrogen) atoms. The number of anilines is 1. The van der Waals surface area contributed by atoms with E-state index in [0.29, 0.717) is 22.4 Å². The van der Waals surface area contributed by atoms with Crippen LogP contribution in [0.3, 0.4) is 0 Å². The molecule has 4 rings (SSSR count). The molecule has 0 atom stereocenters. The number of furan rings is 1. The zero-order chi connectivity index (χ0) is 19.9. The second-order valence-electron chi connectivity index (χ2n) is 5.77. The SMILES string of the molecule is O=C(CSc1nnc(-c2ccco2)o1)Nc1ccc(N=Nc2ccccc2)cc1. The van der Waals surface area contributed by atoms with Gasteiger partial charge in [0.15, 0.2) is 5.76 Å². The lowest BCUT2D eigenvalue weighted by molar-refractivity contribution is -0.113. The molecule has 0 radical (unpaired) electrons. The van der Waals surface area contributed by atoms with Crippen LogP contribution >= 0.6 is 11.8 Å². The maximum Gasteiger partial charge on any atom is 0.284 e. The summed E-state index contributed by atoms with van der Waals surface area (Å²) in [5.41, 5.74) is 2.13. The summed E-state index contributed by atoms with van der Waals surface area (Å²) in [4.78, 5) is 12.1. The molecule has 0 fully saturated rings. The third kappa shape index (κ3) is 5.17. The first-order valence-electron chi connectivity index (χ1n) is 8.63. The summed E-state index contributed by atoms with van der Waals surface area (Å²) in [5.74, 6) is 0.706. The number of aromatic nitrogens is 2. The monoisotopic (exact) mass is 405 g/mol. The van der Waals surface area contributed by atoms with Gasteiger partial charge in [-0.05, 0) is 48.5 Å². The predicted molar refractivity (Wildman–Crippen MR) is 108 cm³/mol. The summed E-state index contributed by atoms with van der Waals surface area (Å²) in [6.07, 6.45) is 1.52. The summed E-state index contributed by atoms with van der Waals surface area (Å²) in [6, 6.07) is 20.0. The number of rotatable bonds is 7. The highest BCUT2D eigenvalue weighted by Crippen LogP contribution is 2.24. The number of hydrogen-bond acceptors (Lipinski definition) is 8. The number of nitrogens with zero attached hydrogens (tertiary/aromatic N) is 4. The molecule has 0 saturated carbocycles. The lowest BCUT2D eigenvalue weighted by Gasteiger charge is -2.04. The van der Waals surface area contributed by atoms with Gasteiger partial charge in [-0.3, -0.25) is 4.79 Å². The van der Waals surface area contributed by atoms with Crippen molar-refractivity contribution in [3.8, 4) is 11.7 Å². The highest BCUT2D eigenvalue weighted by Gasteiger charge is 2.13. The van der Waals surface area contributed by atoms with Crippen LogP contribution in [-0.2, 0) is 4.79 Å². The number of amides is 1. The van der Waals surface area contributed by atoms with Crippen LogP contribution in [0.1, 0.15) is 0 Å². The molecular formula is C20H15N5O3S. The molecule has 0 aliphatic carbocycles. The maximum atomic E-state index is 12.1. The van der Waals surface area contributed by atoms with E-state index in [1.54, 1.807) is 36.4 Å². The van der Waals surface area contributed by atoms with Crippen LogP contribution in [-0.4, -0.2) is 21.9 Å². The van der Waals surface area contributed by atoms with E-state index in [1.807, 2.05) is 30.3 Å². The number of azo groups is 1. The average molecular weight is 405 g/mol. The Bertz CT molecular complexity index is 1090. The molecule has 1 amide bonds. The third-order valence-electron chi connectivity index (χ3n) is 3.65. The first-order chi connectivity index (χ1) is 14.3. The fourth-order valence-corrected chi connectivity index (χ4v) is 2.88. The number of nitrogens with one attached hydrogen (secondary N) is 1. The van der Waals surface area contributed by atoms with Crippen molar-refractivity contribution in [2.24, 2.45) is 10.2 Å². The van der Waals surface area contributed by atoms with Gasteiger partial charge < -0.3 is 14.2 Å². The van der Waals surface area contributed by atoms with Crippen molar-refractivity contribution in [3.05, 3.63) is 73.0 Å². The highest BCUT2D eigenvalue weighted by molar-refractivity contribution is 7.99. The molecule has 0 aliphatic heterocycles. The Labute approximate surface area is 170 Å². The molecule has 0 spiro atoms. The Morgan fingerprint density at radius 2 is 1.69 bits per heavy atom. The lowest BCUT2D eigenvalue weighted by atomic mass is 10.3. The predicted octanol–water partition coefficient (Wildman–Crippen LogP) is 5.48. The van der Waals surface area contributed by atoms with E-state index in [0.717, 1.165) is 17.4 Å². The van der Waals surface area contributed by atoms with Gasteiger partial charge in [0.1, 0.15) is 0 Å². The van der Waals surface area contributed by atoms with Crippen molar-refractivity contribution >= 4 is 34.7 Å². The Morgan fingerprint density at radius 3 is 2.41 bits per heavy atom. The van der Waals surface area contributed by atoms with Crippen LogP contribution in [0, 0.1) is 0 Å². The van der Waals surface area contributed by atoms with E-state index in [-0.39, 0.29) is 17.6 Å². The molecule has 0 unspecified atom stereocenters. The van der Waals surface area contributed by atoms with Gasteiger partial charge in [0.2, 0.25) is 5.91 Å². The van der Waals surface area contributed by atoms with E-state index in [4.69, 9.17) is 8.83 Å². The van der Waals surface area contributed by atoms with E-state index in [9.17, 15) is 4.79 Å². The Kier molecular flexibility index (Phi) is 5.77. The molecule has 8 nitrogen and oxygen atoms in total. The second-order valence-corrected chi connectivity index (χ2v) is 6.70. The zero-order valence-electron chi connectivity index (χ0n) is 15.1. The minimum atomic E-state index is -0.189. The van der Waals surface area contributed by atoms with Crippen molar-refractivity contribution in [2.75, 3.05) is 11.1 Å². The third-order valence-corrected chi connectivity index (χ3v) is 4.47. The van der Waals surface area contributed by atoms with E-state index in [1.165, 1.54) is 6.26 Å². The summed E-state index contributed by atoms with van der Waals surface area (Å²) >= 11 is 1.15. The van der Waals surface area contributed by atoms with Crippen LogP contribution in [0.5, 0.6) is 0 Å². The summed E-state index contributed by atoms with van der Waals surface area (Å²) in [7, 11) is 0. The quantitative estimate of drug-likeness (QED) is 0.322. The smallest absolute Gasteiger partial charge is 0.284 e. The standard InChI is InChI=1S/C20H15N5O3S/c26-18(13-29-20-25-24-19(28-20)17-7-4-12-27-17)21-14-8-10-16(11-9-14)23-22-15-5-2-1-3-6-15/h1-12H,13H2,(H,21,26). The van der Waals surface area contributed by atoms with Crippen molar-refractivity contribution in [1.82, 2.24) is 10.2 Å². The largest absolute Gasteiger partial charge is 0.459 e. The minimum Gasteiger partial charge on any atom is -0.459 e. The summed E-state index contributed by atoms with van der Waals surface area (Å²) < 4.78 is 10.6. The number of thioether (sulfide) groups is 1. The van der Waals surface area contributed by atoms with Crippen molar-refractivity contribution in [2.45, 2.75) is 5.22 Å². The van der Waals surface area contributed by atoms with Crippen LogP contribution in [0.25, 0.3) is 11.7 Å². The van der Waals surface area contributed by atoms with Gasteiger partial charge >= 0.3 is 0 Å². The second kappa shape index (κ2) is 8.98.